The summed E-state index contributed by atoms with van der Waals surface area (Å²) >= 11 is 0. The predicted molar refractivity (Wildman–Crippen MR) is 475 cm³/mol. The van der Waals surface area contributed by atoms with Gasteiger partial charge in [-0.05, 0) is 19.8 Å². The number of carboxylic acids is 3. The molecule has 51 nitrogen and oxygen atoms in total. The molecule has 818 valence electrons. The maximum atomic E-state index is 14.6. The van der Waals surface area contributed by atoms with Gasteiger partial charge in [-0.2, -0.15) is 0 Å². The van der Waals surface area contributed by atoms with Gasteiger partial charge in [-0.3, -0.25) is 19.2 Å². The molecule has 0 radical (unpaired) electrons. The Balaban J connectivity index is 1.26. The Morgan fingerprint density at radius 2 is 0.745 bits per heavy atom. The van der Waals surface area contributed by atoms with Gasteiger partial charge in [-0.15, -0.1) is 0 Å². The van der Waals surface area contributed by atoms with Gasteiger partial charge >= 0.3 is 17.9 Å². The molecule has 7 saturated heterocycles. The van der Waals surface area contributed by atoms with E-state index in [4.69, 9.17) is 66.3 Å². The van der Waals surface area contributed by atoms with E-state index in [-0.39, 0.29) is 12.8 Å². The summed E-state index contributed by atoms with van der Waals surface area (Å²) in [6.45, 7) is -2.16. The van der Waals surface area contributed by atoms with Crippen LogP contribution in [0, 0.1) is 5.92 Å². The Bertz CT molecular complexity index is 3740. The number of aliphatic carboxylic acids is 3. The lowest BCUT2D eigenvalue weighted by Crippen LogP contribution is -2.72. The fourth-order valence-corrected chi connectivity index (χ4v) is 19.0. The van der Waals surface area contributed by atoms with E-state index in [9.17, 15) is 166 Å². The average molecular weight is 2050 g/mol. The first-order chi connectivity index (χ1) is 66.9. The molecule has 51 heteroatoms. The van der Waals surface area contributed by atoms with Crippen LogP contribution >= 0.6 is 0 Å². The number of ether oxygens (including phenoxy) is 14. The Morgan fingerprint density at radius 3 is 1.17 bits per heavy atom. The van der Waals surface area contributed by atoms with E-state index in [2.05, 4.69) is 35.1 Å². The summed E-state index contributed by atoms with van der Waals surface area (Å²) in [6.07, 6.45) is -56.5. The van der Waals surface area contributed by atoms with Gasteiger partial charge in [0.1, 0.15) is 146 Å². The first kappa shape index (κ1) is 122. The number of Topliss-reactive ketones (excluding diaryl/α,β-unsaturated/α-hetero) is 1. The zero-order valence-electron chi connectivity index (χ0n) is 80.5. The first-order valence-corrected chi connectivity index (χ1v) is 48.9. The fraction of sp³-hybridized carbons (Fsp3) is 0.911. The Kier molecular flexibility index (Phi) is 51.3. The number of carbonyl (C=O) groups is 8. The molecule has 4 amide bonds. The van der Waals surface area contributed by atoms with Gasteiger partial charge < -0.3 is 220 Å². The third-order valence-corrected chi connectivity index (χ3v) is 26.7. The monoisotopic (exact) mass is 2040 g/mol. The Labute approximate surface area is 815 Å². The molecule has 0 saturated carbocycles. The number of hydrogen-bond donors (Lipinski definition) is 29. The van der Waals surface area contributed by atoms with Crippen LogP contribution in [0.4, 0.5) is 0 Å². The number of rotatable bonds is 62. The number of carbonyl (C=O) groups excluding carboxylic acids is 5. The van der Waals surface area contributed by atoms with Crippen LogP contribution in [-0.2, 0) is 105 Å². The summed E-state index contributed by atoms with van der Waals surface area (Å²) in [5, 5.41) is 295. The highest BCUT2D eigenvalue weighted by molar-refractivity contribution is 5.79. The van der Waals surface area contributed by atoms with Crippen LogP contribution in [0.25, 0.3) is 0 Å². The second-order valence-corrected chi connectivity index (χ2v) is 37.8. The van der Waals surface area contributed by atoms with Crippen LogP contribution in [0.5, 0.6) is 0 Å². The topological polar surface area (TPSA) is 820 Å². The van der Waals surface area contributed by atoms with E-state index in [1.165, 1.54) is 38.5 Å². The minimum absolute atomic E-state index is 0.0776. The molecule has 0 aromatic rings. The minimum Gasteiger partial charge on any atom is -0.477 e. The zero-order chi connectivity index (χ0) is 105. The van der Waals surface area contributed by atoms with Gasteiger partial charge in [-0.25, -0.2) is 14.4 Å². The Hall–Kier alpha value is -5.48. The molecule has 7 heterocycles. The molecule has 7 fully saturated rings. The van der Waals surface area contributed by atoms with Crippen LogP contribution in [0.3, 0.4) is 0 Å². The van der Waals surface area contributed by atoms with E-state index < -0.39 is 369 Å². The van der Waals surface area contributed by atoms with Crippen LogP contribution in [0.15, 0.2) is 0 Å². The van der Waals surface area contributed by atoms with E-state index in [1.54, 1.807) is 0 Å². The third kappa shape index (κ3) is 33.3. The number of amides is 4. The smallest absolute Gasteiger partial charge is 0.364 e. The predicted octanol–water partition coefficient (Wildman–Crippen LogP) is -7.72. The summed E-state index contributed by atoms with van der Waals surface area (Å²) in [5.41, 5.74) is 0. The van der Waals surface area contributed by atoms with Crippen molar-refractivity contribution < 1.29 is 232 Å². The van der Waals surface area contributed by atoms with Crippen LogP contribution in [0.2, 0.25) is 0 Å². The fourth-order valence-electron chi connectivity index (χ4n) is 19.0. The lowest BCUT2D eigenvalue weighted by atomic mass is 9.86. The van der Waals surface area contributed by atoms with E-state index >= 15 is 0 Å². The molecular formula is C90H156N4O47. The number of carboxylic acid groups (broad SMARTS) is 3. The summed E-state index contributed by atoms with van der Waals surface area (Å²) in [4.78, 5) is 108. The number of aliphatic hydroxyl groups is 22. The Morgan fingerprint density at radius 1 is 0.376 bits per heavy atom. The number of nitrogens with one attached hydrogen (secondary N) is 4. The van der Waals surface area contributed by atoms with Crippen molar-refractivity contribution in [2.75, 3.05) is 52.9 Å². The maximum Gasteiger partial charge on any atom is 0.364 e. The first-order valence-electron chi connectivity index (χ1n) is 48.9. The van der Waals surface area contributed by atoms with Crippen molar-refractivity contribution in [2.45, 2.75) is 459 Å². The zero-order valence-corrected chi connectivity index (χ0v) is 80.5. The third-order valence-electron chi connectivity index (χ3n) is 26.7. The molecule has 7 rings (SSSR count). The van der Waals surface area contributed by atoms with Gasteiger partial charge in [0.05, 0.1) is 108 Å². The summed E-state index contributed by atoms with van der Waals surface area (Å²) < 4.78 is 84.3. The molecule has 141 heavy (non-hydrogen) atoms. The summed E-state index contributed by atoms with van der Waals surface area (Å²) in [5.74, 6) is -24.2. The minimum atomic E-state index is -3.80. The molecule has 0 bridgehead atoms. The highest BCUT2D eigenvalue weighted by Gasteiger charge is 2.66. The SMILES string of the molecule is CCCCCCCCCCCCCCCC(O)C(COC1OC(CO)C(OC2OC(CO)C(OC3OC(CO)C(O)C(OC4OC(CO)C(O)C(O)C4O)C3CC(C)=O)C(OC3(C(=O)O)CC(O)C(NC(C)=O)C(C(O)C(CO)OC4(C(=O)O)CC(O)C(NC(C)=O)C(C(O)C(CO)OC5(C(=O)O)CC(O)C(NC(C)=O)C(C(O)C(O)CO)O5)O4)O3)C2O)C(O)C1O)NC(=O)CCCCCCCCCCC. The van der Waals surface area contributed by atoms with E-state index in [0.29, 0.717) is 12.8 Å². The van der Waals surface area contributed by atoms with Crippen molar-refractivity contribution in [1.29, 1.82) is 0 Å². The maximum absolute atomic E-state index is 14.6. The molecule has 7 aliphatic rings. The highest BCUT2D eigenvalue weighted by atomic mass is 16.8. The van der Waals surface area contributed by atoms with Crippen LogP contribution < -0.4 is 21.3 Å². The van der Waals surface area contributed by atoms with Crippen molar-refractivity contribution in [3.63, 3.8) is 0 Å². The van der Waals surface area contributed by atoms with Crippen molar-refractivity contribution in [3.05, 3.63) is 0 Å². The van der Waals surface area contributed by atoms with E-state index in [0.717, 1.165) is 118 Å². The summed E-state index contributed by atoms with van der Waals surface area (Å²) in [7, 11) is 0. The molecular weight excluding hydrogens is 1890 g/mol. The molecule has 40 atom stereocenters. The molecule has 0 aliphatic carbocycles. The molecule has 0 aromatic heterocycles. The lowest BCUT2D eigenvalue weighted by Gasteiger charge is -2.53. The van der Waals surface area contributed by atoms with Gasteiger partial charge in [0.15, 0.2) is 25.2 Å². The van der Waals surface area contributed by atoms with Crippen molar-refractivity contribution in [2.24, 2.45) is 5.92 Å². The van der Waals surface area contributed by atoms with Crippen LogP contribution in [0.1, 0.15) is 221 Å². The van der Waals surface area contributed by atoms with Crippen molar-refractivity contribution in [3.8, 4) is 0 Å². The average Bonchev–Trinajstić information content (AvgIpc) is 0.745. The van der Waals surface area contributed by atoms with Gasteiger partial charge in [-0.1, -0.05) is 149 Å². The normalized spacial score (nSPS) is 36.5. The van der Waals surface area contributed by atoms with Gasteiger partial charge in [0, 0.05) is 58.8 Å². The largest absolute Gasteiger partial charge is 0.477 e. The highest BCUT2D eigenvalue weighted by Crippen LogP contribution is 2.46. The molecule has 40 unspecified atom stereocenters. The van der Waals surface area contributed by atoms with Gasteiger partial charge in [0.2, 0.25) is 23.6 Å². The number of hydrogen-bond acceptors (Lipinski definition) is 44. The van der Waals surface area contributed by atoms with Gasteiger partial charge in [0.25, 0.3) is 17.4 Å². The van der Waals surface area contributed by atoms with Crippen molar-refractivity contribution >= 4 is 47.3 Å². The molecule has 29 N–H and O–H groups in total. The lowest BCUT2D eigenvalue weighted by molar-refractivity contribution is -0.407. The quantitative estimate of drug-likeness (QED) is 0.0252. The van der Waals surface area contributed by atoms with E-state index in [1.807, 2.05) is 0 Å². The van der Waals surface area contributed by atoms with Crippen LogP contribution in [-0.4, -0.2) is 465 Å². The second-order valence-electron chi connectivity index (χ2n) is 37.8. The molecule has 0 spiro atoms. The number of aliphatic hydroxyl groups excluding tert-OH is 22. The molecule has 7 aliphatic heterocycles. The second kappa shape index (κ2) is 59.1. The number of ketones is 1. The molecule has 0 aromatic carbocycles. The standard InChI is InChI=1S/C90H156N4O47/c1-7-9-11-13-15-17-18-19-20-22-23-25-27-29-49(106)48(94-60(111)30-28-26-24-21-16-14-12-10-8-2)42-128-82-72(120)70(118)75(58(40-100)131-82)134-84-73(121)80(76(59(41-101)132-84)135-81-47(31-43(3)102)74(66(114)55(37-97)129-81)133-83-71(119)69(117)65(113)54(36-96)130-83)141-90(87(126)127)34-52(109)63(93-46(6)105)79(140-90)68(116)57(39-99)137-89(86(124)125)33-51(108)62(92-45(5)104)78(139-89)67(115)56(38-98)136-88(85(122)123)32-50(107)61(91-44(4)103)77(138-88)64(112)53(110)35-95/h47-59,61-84,95-101,106-110,112-121H,7-42H2,1-6H3,(H,91,103)(H,92,104)(H,93,105)(H,94,111)(H,122,123)(H,124,125)(H,126,127). The van der Waals surface area contributed by atoms with Crippen molar-refractivity contribution in [1.82, 2.24) is 21.3 Å². The number of unbranched alkanes of at least 4 members (excludes halogenated alkanes) is 20. The summed E-state index contributed by atoms with van der Waals surface area (Å²) in [6, 6.07) is -7.35.